The van der Waals surface area contributed by atoms with E-state index in [4.69, 9.17) is 11.8 Å². The lowest BCUT2D eigenvalue weighted by molar-refractivity contribution is -0.119. The van der Waals surface area contributed by atoms with E-state index in [9.17, 15) is 9.18 Å². The molecule has 0 unspecified atom stereocenters. The lowest BCUT2D eigenvalue weighted by Gasteiger charge is -2.18. The molecule has 1 saturated heterocycles. The fraction of sp³-hybridized carbons (Fsp3) is 0.455. The number of hydrogen-bond acceptors (Lipinski definition) is 3. The average molecular weight is 337 g/mol. The average Bonchev–Trinajstić information content (AvgIpc) is 2.77. The molecule has 4 nitrogen and oxygen atoms in total. The summed E-state index contributed by atoms with van der Waals surface area (Å²) in [6.07, 6.45) is -0.852. The van der Waals surface area contributed by atoms with Crippen LogP contribution in [0.25, 0.3) is 0 Å². The van der Waals surface area contributed by atoms with Crippen LogP contribution in [0, 0.1) is 6.92 Å². The Hall–Kier alpha value is -0.720. The summed E-state index contributed by atoms with van der Waals surface area (Å²) in [4.78, 5) is 16.2. The lowest BCUT2D eigenvalue weighted by Crippen LogP contribution is -2.39. The highest BCUT2D eigenvalue weighted by Crippen LogP contribution is 2.24. The normalized spacial score (nSPS) is 23.1. The van der Waals surface area contributed by atoms with E-state index < -0.39 is 12.2 Å². The fourth-order valence-corrected chi connectivity index (χ4v) is 2.40. The van der Waals surface area contributed by atoms with Crippen molar-refractivity contribution in [3.63, 3.8) is 0 Å². The molecule has 1 aromatic heterocycles. The maximum absolute atomic E-state index is 13.0. The first-order chi connectivity index (χ1) is 8.49. The molecule has 7 heteroatoms. The van der Waals surface area contributed by atoms with E-state index in [1.807, 2.05) is 0 Å². The summed E-state index contributed by atoms with van der Waals surface area (Å²) in [7, 11) is 0. The smallest absolute Gasteiger partial charge is 0.260 e. The Bertz CT molecular complexity index is 474. The Kier molecular flexibility index (Phi) is 4.19. The molecule has 0 spiro atoms. The van der Waals surface area contributed by atoms with Gasteiger partial charge in [0.15, 0.2) is 5.82 Å². The molecular weight excluding hydrogens is 324 g/mol. The third kappa shape index (κ3) is 2.81. The largest absolute Gasteiger partial charge is 0.303 e. The molecule has 0 radical (unpaired) electrons. The number of aromatic nitrogens is 1. The number of rotatable bonds is 2. The summed E-state index contributed by atoms with van der Waals surface area (Å²) in [6.45, 7) is 1.99. The summed E-state index contributed by atoms with van der Waals surface area (Å²) in [6, 6.07) is 2.98. The predicted molar refractivity (Wildman–Crippen MR) is 71.3 cm³/mol. The second-order valence-corrected chi connectivity index (χ2v) is 5.34. The zero-order valence-electron chi connectivity index (χ0n) is 9.66. The van der Waals surface area contributed by atoms with Gasteiger partial charge in [-0.25, -0.2) is 13.8 Å². The number of anilines is 1. The molecule has 2 atom stereocenters. The highest BCUT2D eigenvalue weighted by atomic mass is 79.9. The van der Waals surface area contributed by atoms with Gasteiger partial charge in [-0.15, -0.1) is 0 Å². The van der Waals surface area contributed by atoms with E-state index in [0.29, 0.717) is 10.4 Å². The predicted octanol–water partition coefficient (Wildman–Crippen LogP) is 2.34. The number of pyridine rings is 1. The van der Waals surface area contributed by atoms with Crippen molar-refractivity contribution in [3.05, 3.63) is 22.3 Å². The van der Waals surface area contributed by atoms with Crippen molar-refractivity contribution in [1.82, 2.24) is 10.3 Å². The Balaban J connectivity index is 2.17. The molecule has 18 heavy (non-hydrogen) atoms. The zero-order valence-corrected chi connectivity index (χ0v) is 12.0. The molecule has 1 aliphatic heterocycles. The Labute approximate surface area is 118 Å². The second kappa shape index (κ2) is 5.50. The minimum absolute atomic E-state index is 0.148. The van der Waals surface area contributed by atoms with Crippen LogP contribution in [0.1, 0.15) is 12.0 Å². The van der Waals surface area contributed by atoms with Crippen LogP contribution in [-0.4, -0.2) is 29.6 Å². The number of nitrogens with one attached hydrogen (secondary N) is 1. The van der Waals surface area contributed by atoms with E-state index >= 15 is 0 Å². The van der Waals surface area contributed by atoms with Crippen LogP contribution in [0.4, 0.5) is 10.2 Å². The number of hydrogen-bond donors (Lipinski definition) is 1. The lowest BCUT2D eigenvalue weighted by atomic mass is 10.2. The Morgan fingerprint density at radius 3 is 3.00 bits per heavy atom. The van der Waals surface area contributed by atoms with Gasteiger partial charge in [0.05, 0.1) is 6.04 Å². The summed E-state index contributed by atoms with van der Waals surface area (Å²) >= 11 is 9.22. The molecule has 1 aromatic rings. The Morgan fingerprint density at radius 2 is 2.39 bits per heavy atom. The first-order valence-electron chi connectivity index (χ1n) is 5.49. The van der Waals surface area contributed by atoms with Gasteiger partial charge in [-0.05, 0) is 34.5 Å². The topological polar surface area (TPSA) is 45.2 Å². The van der Waals surface area contributed by atoms with Gasteiger partial charge in [0, 0.05) is 24.7 Å². The van der Waals surface area contributed by atoms with E-state index in [1.165, 1.54) is 0 Å². The van der Waals surface area contributed by atoms with Gasteiger partial charge in [-0.3, -0.25) is 4.79 Å². The molecule has 0 aliphatic carbocycles. The highest BCUT2D eigenvalue weighted by Gasteiger charge is 2.33. The van der Waals surface area contributed by atoms with Gasteiger partial charge in [0.1, 0.15) is 10.8 Å². The van der Waals surface area contributed by atoms with Gasteiger partial charge in [0.25, 0.3) is 5.91 Å². The summed E-state index contributed by atoms with van der Waals surface area (Å²) in [5.74, 6) is -0.0225. The monoisotopic (exact) mass is 335 g/mol. The summed E-state index contributed by atoms with van der Waals surface area (Å²) < 4.78 is 14.6. The molecule has 1 N–H and O–H groups in total. The molecule has 2 heterocycles. The maximum Gasteiger partial charge on any atom is 0.260 e. The van der Waals surface area contributed by atoms with Crippen molar-refractivity contribution in [2.45, 2.75) is 25.6 Å². The highest BCUT2D eigenvalue weighted by molar-refractivity contribution is 9.10. The van der Waals surface area contributed by atoms with Gasteiger partial charge < -0.3 is 5.32 Å². The van der Waals surface area contributed by atoms with Crippen LogP contribution in [0.15, 0.2) is 16.7 Å². The third-order valence-electron chi connectivity index (χ3n) is 2.79. The zero-order chi connectivity index (χ0) is 13.3. The van der Waals surface area contributed by atoms with E-state index in [-0.39, 0.29) is 18.9 Å². The summed E-state index contributed by atoms with van der Waals surface area (Å²) in [5, 5.41) is 2.80. The quantitative estimate of drug-likeness (QED) is 0.666. The first kappa shape index (κ1) is 13.7. The summed E-state index contributed by atoms with van der Waals surface area (Å²) in [5.41, 5.74) is 0.774. The van der Waals surface area contributed by atoms with Crippen molar-refractivity contribution in [3.8, 4) is 0 Å². The fourth-order valence-electron chi connectivity index (χ4n) is 1.82. The maximum atomic E-state index is 13.0. The number of nitrogens with zero attached hydrogens (tertiary/aromatic N) is 2. The van der Waals surface area contributed by atoms with Crippen molar-refractivity contribution >= 4 is 39.4 Å². The molecule has 2 rings (SSSR count). The van der Waals surface area contributed by atoms with E-state index in [1.54, 1.807) is 19.1 Å². The molecule has 0 aromatic carbocycles. The molecule has 0 bridgehead atoms. The second-order valence-electron chi connectivity index (χ2n) is 4.19. The molecule has 1 amide bonds. The van der Waals surface area contributed by atoms with Crippen molar-refractivity contribution in [2.75, 3.05) is 11.0 Å². The SMILES string of the molecule is Cc1ccc(Br)nc1N(Cl)C(=O)[C@@H]1C[C@@H](F)CN1. The van der Waals surface area contributed by atoms with E-state index in [2.05, 4.69) is 26.2 Å². The number of carbonyl (C=O) groups is 1. The number of halogens is 3. The van der Waals surface area contributed by atoms with Crippen LogP contribution >= 0.6 is 27.7 Å². The number of alkyl halides is 1. The van der Waals surface area contributed by atoms with E-state index in [0.717, 1.165) is 9.98 Å². The number of aryl methyl sites for hydroxylation is 1. The van der Waals surface area contributed by atoms with Crippen molar-refractivity contribution in [1.29, 1.82) is 0 Å². The molecule has 1 fully saturated rings. The van der Waals surface area contributed by atoms with Gasteiger partial charge in [-0.1, -0.05) is 6.07 Å². The van der Waals surface area contributed by atoms with Gasteiger partial charge in [0.2, 0.25) is 0 Å². The van der Waals surface area contributed by atoms with Crippen LogP contribution in [0.3, 0.4) is 0 Å². The van der Waals surface area contributed by atoms with Crippen LogP contribution < -0.4 is 9.74 Å². The first-order valence-corrected chi connectivity index (χ1v) is 6.62. The minimum atomic E-state index is -0.999. The van der Waals surface area contributed by atoms with Gasteiger partial charge in [-0.2, -0.15) is 0 Å². The van der Waals surface area contributed by atoms with Crippen molar-refractivity contribution in [2.24, 2.45) is 0 Å². The third-order valence-corrected chi connectivity index (χ3v) is 3.56. The van der Waals surface area contributed by atoms with Crippen molar-refractivity contribution < 1.29 is 9.18 Å². The molecule has 98 valence electrons. The molecule has 1 aliphatic rings. The molecular formula is C11H12BrClFN3O. The Morgan fingerprint density at radius 1 is 1.67 bits per heavy atom. The molecule has 0 saturated carbocycles. The van der Waals surface area contributed by atoms with Crippen LogP contribution in [0.2, 0.25) is 0 Å². The van der Waals surface area contributed by atoms with Crippen LogP contribution in [-0.2, 0) is 4.79 Å². The number of amides is 1. The number of carbonyl (C=O) groups excluding carboxylic acids is 1. The van der Waals surface area contributed by atoms with Gasteiger partial charge >= 0.3 is 0 Å². The minimum Gasteiger partial charge on any atom is -0.303 e. The standard InChI is InChI=1S/C11H12BrClFN3O/c1-6-2-3-9(12)16-10(6)17(13)11(18)8-4-7(14)5-15-8/h2-3,7-8,15H,4-5H2,1H3/t7-,8+/m1/s1. The van der Waals surface area contributed by atoms with Crippen LogP contribution in [0.5, 0.6) is 0 Å².